The van der Waals surface area contributed by atoms with E-state index in [-0.39, 0.29) is 0 Å². The quantitative estimate of drug-likeness (QED) is 0.640. The maximum atomic E-state index is 2.47. The summed E-state index contributed by atoms with van der Waals surface area (Å²) in [5.74, 6) is 0. The minimum absolute atomic E-state index is 1.14. The smallest absolute Gasteiger partial charge is 0.264 e. The maximum Gasteiger partial charge on any atom is 0.264 e. The predicted octanol–water partition coefficient (Wildman–Crippen LogP) is 5.15. The molecule has 116 valence electrons. The lowest BCUT2D eigenvalue weighted by atomic mass is 10.3. The van der Waals surface area contributed by atoms with Gasteiger partial charge in [-0.15, -0.1) is 0 Å². The molecule has 1 aromatic rings. The highest BCUT2D eigenvalue weighted by atomic mass is 32.2. The van der Waals surface area contributed by atoms with Gasteiger partial charge in [0.05, 0.1) is 16.5 Å². The standard InChI is InChI=1S/C17H27N2S2/c1-5-7-9-18-14(3)12-20-16(18)11-17-19(10-8-6-2)15(4)13-21-17/h11-13H,5-10H2,1-4H3/q+1. The second-order valence-electron chi connectivity index (χ2n) is 5.59. The van der Waals surface area contributed by atoms with Crippen LogP contribution in [0.3, 0.4) is 0 Å². The molecule has 2 nitrogen and oxygen atoms in total. The topological polar surface area (TPSA) is 7.12 Å². The summed E-state index contributed by atoms with van der Waals surface area (Å²) in [6.45, 7) is 11.2. The Kier molecular flexibility index (Phi) is 6.37. The van der Waals surface area contributed by atoms with Crippen LogP contribution in [0.1, 0.15) is 57.2 Å². The van der Waals surface area contributed by atoms with E-state index in [1.807, 2.05) is 23.1 Å². The first kappa shape index (κ1) is 16.6. The summed E-state index contributed by atoms with van der Waals surface area (Å²) in [5, 5.41) is 7.32. The van der Waals surface area contributed by atoms with Gasteiger partial charge in [-0.25, -0.2) is 0 Å². The molecule has 0 radical (unpaired) electrons. The minimum Gasteiger partial charge on any atom is -0.339 e. The lowest BCUT2D eigenvalue weighted by Gasteiger charge is -2.20. The van der Waals surface area contributed by atoms with Gasteiger partial charge in [0, 0.05) is 25.6 Å². The molecule has 0 unspecified atom stereocenters. The van der Waals surface area contributed by atoms with E-state index in [9.17, 15) is 0 Å². The van der Waals surface area contributed by atoms with Crippen LogP contribution in [0.2, 0.25) is 0 Å². The summed E-state index contributed by atoms with van der Waals surface area (Å²) >= 11 is 3.73. The van der Waals surface area contributed by atoms with Crippen LogP contribution in [0, 0.1) is 6.92 Å². The Bertz CT molecular complexity index is 529. The van der Waals surface area contributed by atoms with Crippen molar-refractivity contribution in [1.29, 1.82) is 0 Å². The molecule has 0 fully saturated rings. The van der Waals surface area contributed by atoms with Crippen molar-refractivity contribution in [2.45, 2.75) is 59.9 Å². The number of hydrogen-bond donors (Lipinski definition) is 0. The molecule has 0 amide bonds. The van der Waals surface area contributed by atoms with Crippen molar-refractivity contribution >= 4 is 29.2 Å². The molecule has 1 aromatic heterocycles. The van der Waals surface area contributed by atoms with E-state index in [4.69, 9.17) is 0 Å². The maximum absolute atomic E-state index is 2.47. The average Bonchev–Trinajstić information content (AvgIpc) is 2.99. The molecular weight excluding hydrogens is 296 g/mol. The second kappa shape index (κ2) is 8.04. The summed E-state index contributed by atoms with van der Waals surface area (Å²) in [5.41, 5.74) is 2.76. The van der Waals surface area contributed by atoms with Crippen LogP contribution in [-0.2, 0) is 6.54 Å². The zero-order valence-corrected chi connectivity index (χ0v) is 15.3. The molecule has 0 N–H and O–H groups in total. The van der Waals surface area contributed by atoms with E-state index in [1.54, 1.807) is 0 Å². The van der Waals surface area contributed by atoms with Gasteiger partial charge in [-0.3, -0.25) is 0 Å². The SMILES string of the molecule is CCCCN1C(C)=CS/C1=C\c1scc(C)[n+]1CCCC. The molecule has 21 heavy (non-hydrogen) atoms. The van der Waals surface area contributed by atoms with Crippen LogP contribution in [0.15, 0.2) is 21.5 Å². The number of rotatable bonds is 7. The third kappa shape index (κ3) is 4.13. The lowest BCUT2D eigenvalue weighted by molar-refractivity contribution is -0.700. The van der Waals surface area contributed by atoms with Crippen LogP contribution in [0.5, 0.6) is 0 Å². The van der Waals surface area contributed by atoms with E-state index in [0.717, 1.165) is 13.1 Å². The number of allylic oxidation sites excluding steroid dienone is 1. The first-order valence-corrected chi connectivity index (χ1v) is 9.73. The highest BCUT2D eigenvalue weighted by molar-refractivity contribution is 8.06. The molecule has 1 aliphatic rings. The van der Waals surface area contributed by atoms with E-state index >= 15 is 0 Å². The molecule has 0 saturated carbocycles. The number of aryl methyl sites for hydroxylation is 1. The summed E-state index contributed by atoms with van der Waals surface area (Å²) in [6.07, 6.45) is 7.37. The Morgan fingerprint density at radius 3 is 2.67 bits per heavy atom. The van der Waals surface area contributed by atoms with Crippen molar-refractivity contribution in [3.8, 4) is 0 Å². The molecule has 0 aliphatic carbocycles. The number of thioether (sulfide) groups is 1. The fourth-order valence-corrected chi connectivity index (χ4v) is 4.42. The third-order valence-corrected chi connectivity index (χ3v) is 5.88. The number of hydrogen-bond acceptors (Lipinski definition) is 3. The van der Waals surface area contributed by atoms with Gasteiger partial charge in [-0.05, 0) is 18.8 Å². The van der Waals surface area contributed by atoms with Gasteiger partial charge < -0.3 is 4.90 Å². The Labute approximate surface area is 137 Å². The van der Waals surface area contributed by atoms with Crippen molar-refractivity contribution in [3.05, 3.63) is 32.2 Å². The van der Waals surface area contributed by atoms with Crippen molar-refractivity contribution in [2.24, 2.45) is 0 Å². The minimum atomic E-state index is 1.14. The third-order valence-electron chi connectivity index (χ3n) is 3.80. The molecule has 0 saturated heterocycles. The first-order valence-electron chi connectivity index (χ1n) is 7.98. The molecule has 4 heteroatoms. The largest absolute Gasteiger partial charge is 0.339 e. The fraction of sp³-hybridized carbons (Fsp3) is 0.588. The van der Waals surface area contributed by atoms with Gasteiger partial charge in [0.1, 0.15) is 6.54 Å². The van der Waals surface area contributed by atoms with Gasteiger partial charge >= 0.3 is 0 Å². The average molecular weight is 324 g/mol. The zero-order chi connectivity index (χ0) is 15.2. The molecule has 0 atom stereocenters. The first-order chi connectivity index (χ1) is 10.2. The Hall–Kier alpha value is -0.740. The van der Waals surface area contributed by atoms with E-state index < -0.39 is 0 Å². The molecule has 2 heterocycles. The monoisotopic (exact) mass is 323 g/mol. The number of unbranched alkanes of at least 4 members (excludes halogenated alkanes) is 2. The van der Waals surface area contributed by atoms with Gasteiger partial charge in [0.25, 0.3) is 5.01 Å². The fourth-order valence-electron chi connectivity index (χ4n) is 2.43. The predicted molar refractivity (Wildman–Crippen MR) is 95.1 cm³/mol. The van der Waals surface area contributed by atoms with E-state index in [2.05, 4.69) is 54.0 Å². The van der Waals surface area contributed by atoms with Crippen molar-refractivity contribution in [1.82, 2.24) is 4.90 Å². The summed E-state index contributed by atoms with van der Waals surface area (Å²) in [6, 6.07) is 0. The lowest BCUT2D eigenvalue weighted by Crippen LogP contribution is -2.37. The van der Waals surface area contributed by atoms with Crippen LogP contribution in [-0.4, -0.2) is 11.4 Å². The van der Waals surface area contributed by atoms with Crippen LogP contribution in [0.25, 0.3) is 6.08 Å². The highest BCUT2D eigenvalue weighted by Gasteiger charge is 2.21. The zero-order valence-electron chi connectivity index (χ0n) is 13.7. The summed E-state index contributed by atoms with van der Waals surface area (Å²) < 4.78 is 2.47. The molecular formula is C17H27N2S2+. The number of thiazole rings is 1. The normalized spacial score (nSPS) is 16.9. The molecule has 1 aliphatic heterocycles. The van der Waals surface area contributed by atoms with Crippen molar-refractivity contribution < 1.29 is 4.57 Å². The van der Waals surface area contributed by atoms with E-state index in [1.165, 1.54) is 47.1 Å². The Balaban J connectivity index is 2.18. The van der Waals surface area contributed by atoms with E-state index in [0.29, 0.717) is 0 Å². The van der Waals surface area contributed by atoms with Gasteiger partial charge in [0.2, 0.25) is 0 Å². The molecule has 0 bridgehead atoms. The Morgan fingerprint density at radius 2 is 1.95 bits per heavy atom. The number of aromatic nitrogens is 1. The molecule has 0 aromatic carbocycles. The highest BCUT2D eigenvalue weighted by Crippen LogP contribution is 2.35. The number of nitrogens with zero attached hydrogens (tertiary/aromatic N) is 2. The van der Waals surface area contributed by atoms with Crippen LogP contribution < -0.4 is 4.57 Å². The van der Waals surface area contributed by atoms with Gasteiger partial charge in [-0.1, -0.05) is 49.8 Å². The van der Waals surface area contributed by atoms with Crippen LogP contribution in [0.4, 0.5) is 0 Å². The molecule has 0 spiro atoms. The summed E-state index contributed by atoms with van der Waals surface area (Å²) in [4.78, 5) is 2.47. The van der Waals surface area contributed by atoms with Crippen molar-refractivity contribution in [3.63, 3.8) is 0 Å². The van der Waals surface area contributed by atoms with Gasteiger partial charge in [-0.2, -0.15) is 4.57 Å². The van der Waals surface area contributed by atoms with Crippen LogP contribution >= 0.6 is 23.1 Å². The Morgan fingerprint density at radius 1 is 1.19 bits per heavy atom. The summed E-state index contributed by atoms with van der Waals surface area (Å²) in [7, 11) is 0. The second-order valence-corrected chi connectivity index (χ2v) is 7.36. The van der Waals surface area contributed by atoms with Crippen molar-refractivity contribution in [2.75, 3.05) is 6.54 Å². The molecule has 2 rings (SSSR count). The van der Waals surface area contributed by atoms with Gasteiger partial charge in [0.15, 0.2) is 5.69 Å².